The van der Waals surface area contributed by atoms with Crippen LogP contribution in [0.15, 0.2) is 17.5 Å². The van der Waals surface area contributed by atoms with Crippen molar-refractivity contribution in [1.82, 2.24) is 0 Å². The van der Waals surface area contributed by atoms with Gasteiger partial charge in [-0.3, -0.25) is 0 Å². The van der Waals surface area contributed by atoms with Gasteiger partial charge < -0.3 is 5.73 Å². The molecule has 0 fully saturated rings. The number of allylic oxidation sites excluding steroid dienone is 1. The normalized spacial score (nSPS) is 18.5. The van der Waals surface area contributed by atoms with Crippen LogP contribution in [0.5, 0.6) is 0 Å². The van der Waals surface area contributed by atoms with Crippen molar-refractivity contribution in [2.75, 3.05) is 0 Å². The van der Waals surface area contributed by atoms with E-state index in [9.17, 15) is 0 Å². The van der Waals surface area contributed by atoms with Crippen LogP contribution in [0.4, 0.5) is 0 Å². The first-order valence-corrected chi connectivity index (χ1v) is 6.08. The standard InChI is InChI=1S/C14H27N/c1-7-11(3)14(6,12(4)8-2)10-9-13(5)15/h10-12H,7-8,15H2,1-6H3/t9?,11-,12?,14?/m0/s1. The fourth-order valence-electron chi connectivity index (χ4n) is 1.92. The SMILES string of the molecule is CCC(C)C(C)(C=C=C(C)N)[C@@H](C)CC. The number of nitrogens with two attached hydrogens (primary N) is 1. The summed E-state index contributed by atoms with van der Waals surface area (Å²) in [5, 5.41) is 0. The highest BCUT2D eigenvalue weighted by Crippen LogP contribution is 2.40. The summed E-state index contributed by atoms with van der Waals surface area (Å²) < 4.78 is 0. The van der Waals surface area contributed by atoms with E-state index >= 15 is 0 Å². The molecule has 0 saturated heterocycles. The van der Waals surface area contributed by atoms with Gasteiger partial charge in [-0.2, -0.15) is 0 Å². The van der Waals surface area contributed by atoms with Crippen LogP contribution in [-0.2, 0) is 0 Å². The molecule has 0 rings (SSSR count). The largest absolute Gasteiger partial charge is 0.396 e. The number of hydrogen-bond donors (Lipinski definition) is 1. The highest BCUT2D eigenvalue weighted by Gasteiger charge is 2.32. The fraction of sp³-hybridized carbons (Fsp3) is 0.786. The van der Waals surface area contributed by atoms with Crippen LogP contribution < -0.4 is 5.73 Å². The molecule has 0 aromatic heterocycles. The van der Waals surface area contributed by atoms with E-state index in [0.717, 1.165) is 5.70 Å². The van der Waals surface area contributed by atoms with Crippen molar-refractivity contribution in [3.05, 3.63) is 17.5 Å². The Bertz CT molecular complexity index is 232. The third-order valence-corrected chi connectivity index (χ3v) is 3.96. The van der Waals surface area contributed by atoms with Crippen molar-refractivity contribution in [3.8, 4) is 0 Å². The van der Waals surface area contributed by atoms with Crippen molar-refractivity contribution >= 4 is 0 Å². The lowest BCUT2D eigenvalue weighted by Crippen LogP contribution is -2.30. The minimum Gasteiger partial charge on any atom is -0.396 e. The summed E-state index contributed by atoms with van der Waals surface area (Å²) in [4.78, 5) is 0. The Balaban J connectivity index is 5.12. The Hall–Kier alpha value is -0.680. The smallest absolute Gasteiger partial charge is 0.0477 e. The zero-order valence-electron chi connectivity index (χ0n) is 11.2. The van der Waals surface area contributed by atoms with Crippen LogP contribution in [0.25, 0.3) is 0 Å². The molecule has 0 aliphatic heterocycles. The van der Waals surface area contributed by atoms with Gasteiger partial charge in [0.2, 0.25) is 0 Å². The lowest BCUT2D eigenvalue weighted by Gasteiger charge is -2.37. The van der Waals surface area contributed by atoms with E-state index in [1.54, 1.807) is 0 Å². The van der Waals surface area contributed by atoms with Gasteiger partial charge in [0, 0.05) is 5.70 Å². The monoisotopic (exact) mass is 209 g/mol. The molecule has 3 atom stereocenters. The number of rotatable bonds is 5. The van der Waals surface area contributed by atoms with Crippen LogP contribution in [-0.4, -0.2) is 0 Å². The van der Waals surface area contributed by atoms with Crippen molar-refractivity contribution in [1.29, 1.82) is 0 Å². The van der Waals surface area contributed by atoms with Crippen molar-refractivity contribution < 1.29 is 0 Å². The summed E-state index contributed by atoms with van der Waals surface area (Å²) in [6.07, 6.45) is 4.58. The summed E-state index contributed by atoms with van der Waals surface area (Å²) in [6, 6.07) is 0. The molecule has 88 valence electrons. The Morgan fingerprint density at radius 2 is 1.67 bits per heavy atom. The molecule has 0 saturated carbocycles. The highest BCUT2D eigenvalue weighted by molar-refractivity contribution is 5.04. The van der Waals surface area contributed by atoms with Crippen LogP contribution >= 0.6 is 0 Å². The minimum absolute atomic E-state index is 0.212. The molecule has 2 unspecified atom stereocenters. The van der Waals surface area contributed by atoms with E-state index in [0.29, 0.717) is 11.8 Å². The molecule has 2 N–H and O–H groups in total. The predicted molar refractivity (Wildman–Crippen MR) is 68.5 cm³/mol. The Morgan fingerprint density at radius 3 is 1.93 bits per heavy atom. The highest BCUT2D eigenvalue weighted by atomic mass is 14.5. The quantitative estimate of drug-likeness (QED) is 0.678. The molecule has 0 amide bonds. The molecule has 0 bridgehead atoms. The van der Waals surface area contributed by atoms with Gasteiger partial charge in [-0.25, -0.2) is 0 Å². The molecule has 0 aliphatic rings. The molecule has 0 aromatic carbocycles. The molecular weight excluding hydrogens is 182 g/mol. The summed E-state index contributed by atoms with van der Waals surface area (Å²) in [6.45, 7) is 13.3. The first kappa shape index (κ1) is 14.3. The summed E-state index contributed by atoms with van der Waals surface area (Å²) >= 11 is 0. The second-order valence-electron chi connectivity index (χ2n) is 4.96. The van der Waals surface area contributed by atoms with Crippen molar-refractivity contribution in [2.24, 2.45) is 23.0 Å². The van der Waals surface area contributed by atoms with E-state index < -0.39 is 0 Å². The Labute approximate surface area is 95.4 Å². The molecule has 0 radical (unpaired) electrons. The summed E-state index contributed by atoms with van der Waals surface area (Å²) in [5.74, 6) is 1.33. The van der Waals surface area contributed by atoms with Gasteiger partial charge >= 0.3 is 0 Å². The molecule has 1 heteroatoms. The first-order chi connectivity index (χ1) is 6.88. The van der Waals surface area contributed by atoms with Gasteiger partial charge in [-0.1, -0.05) is 47.5 Å². The maximum absolute atomic E-state index is 5.66. The zero-order valence-corrected chi connectivity index (χ0v) is 11.2. The van der Waals surface area contributed by atoms with Crippen LogP contribution in [0, 0.1) is 17.3 Å². The molecule has 0 aromatic rings. The van der Waals surface area contributed by atoms with Crippen LogP contribution in [0.2, 0.25) is 0 Å². The molecule has 1 nitrogen and oxygen atoms in total. The van der Waals surface area contributed by atoms with E-state index in [4.69, 9.17) is 5.73 Å². The third-order valence-electron chi connectivity index (χ3n) is 3.96. The van der Waals surface area contributed by atoms with E-state index in [1.165, 1.54) is 12.8 Å². The second-order valence-corrected chi connectivity index (χ2v) is 4.96. The molecule has 0 heterocycles. The summed E-state index contributed by atoms with van der Waals surface area (Å²) in [7, 11) is 0. The predicted octanol–water partition coefficient (Wildman–Crippen LogP) is 4.10. The fourth-order valence-corrected chi connectivity index (χ4v) is 1.92. The molecule has 0 spiro atoms. The number of hydrogen-bond acceptors (Lipinski definition) is 1. The Kier molecular flexibility index (Phi) is 5.75. The second kappa shape index (κ2) is 6.02. The third kappa shape index (κ3) is 3.76. The Morgan fingerprint density at radius 1 is 1.27 bits per heavy atom. The molecule has 0 aliphatic carbocycles. The van der Waals surface area contributed by atoms with E-state index in [2.05, 4.69) is 46.4 Å². The van der Waals surface area contributed by atoms with E-state index in [-0.39, 0.29) is 5.41 Å². The zero-order chi connectivity index (χ0) is 12.1. The van der Waals surface area contributed by atoms with Gasteiger partial charge in [0.05, 0.1) is 0 Å². The maximum Gasteiger partial charge on any atom is 0.0477 e. The first-order valence-electron chi connectivity index (χ1n) is 6.08. The van der Waals surface area contributed by atoms with Crippen LogP contribution in [0.1, 0.15) is 54.4 Å². The summed E-state index contributed by atoms with van der Waals surface area (Å²) in [5.41, 5.74) is 9.83. The molecule has 15 heavy (non-hydrogen) atoms. The van der Waals surface area contributed by atoms with Gasteiger partial charge in [0.25, 0.3) is 0 Å². The van der Waals surface area contributed by atoms with Gasteiger partial charge in [-0.05, 0) is 30.3 Å². The topological polar surface area (TPSA) is 26.0 Å². The van der Waals surface area contributed by atoms with Gasteiger partial charge in [0.1, 0.15) is 0 Å². The lowest BCUT2D eigenvalue weighted by atomic mass is 9.67. The van der Waals surface area contributed by atoms with Gasteiger partial charge in [0.15, 0.2) is 0 Å². The average Bonchev–Trinajstić information content (AvgIpc) is 2.23. The maximum atomic E-state index is 5.66. The average molecular weight is 209 g/mol. The molecular formula is C14H27N. The van der Waals surface area contributed by atoms with Crippen molar-refractivity contribution in [3.63, 3.8) is 0 Å². The minimum atomic E-state index is 0.212. The van der Waals surface area contributed by atoms with Crippen molar-refractivity contribution in [2.45, 2.75) is 54.4 Å². The van der Waals surface area contributed by atoms with Gasteiger partial charge in [-0.15, -0.1) is 5.73 Å². The van der Waals surface area contributed by atoms with E-state index in [1.807, 2.05) is 6.92 Å². The lowest BCUT2D eigenvalue weighted by molar-refractivity contribution is 0.169. The van der Waals surface area contributed by atoms with Crippen LogP contribution in [0.3, 0.4) is 0 Å².